The summed E-state index contributed by atoms with van der Waals surface area (Å²) in [6.45, 7) is 1.94. The Balaban J connectivity index is 1.87. The van der Waals surface area contributed by atoms with Crippen LogP contribution in [-0.2, 0) is 6.42 Å². The Morgan fingerprint density at radius 1 is 1.38 bits per heavy atom. The Morgan fingerprint density at radius 3 is 3.00 bits per heavy atom. The van der Waals surface area contributed by atoms with Crippen LogP contribution in [0.25, 0.3) is 0 Å². The van der Waals surface area contributed by atoms with Gasteiger partial charge < -0.3 is 10.4 Å². The van der Waals surface area contributed by atoms with Gasteiger partial charge in [-0.1, -0.05) is 24.3 Å². The standard InChI is InChI=1S/C11H15NO/c13-6-5-12-8-10-7-9-3-1-2-4-11(9)10/h1-4,10,12-13H,5-8H2. The largest absolute Gasteiger partial charge is 0.395 e. The fourth-order valence-electron chi connectivity index (χ4n) is 1.90. The molecule has 0 aromatic heterocycles. The highest BCUT2D eigenvalue weighted by molar-refractivity contribution is 5.40. The van der Waals surface area contributed by atoms with E-state index in [0.29, 0.717) is 12.5 Å². The smallest absolute Gasteiger partial charge is 0.0555 e. The number of fused-ring (bicyclic) bond motifs is 1. The van der Waals surface area contributed by atoms with Crippen LogP contribution in [0.5, 0.6) is 0 Å². The van der Waals surface area contributed by atoms with E-state index in [4.69, 9.17) is 5.11 Å². The Hall–Kier alpha value is -0.860. The zero-order valence-electron chi connectivity index (χ0n) is 7.66. The van der Waals surface area contributed by atoms with Gasteiger partial charge in [0.05, 0.1) is 6.61 Å². The second-order valence-corrected chi connectivity index (χ2v) is 3.53. The van der Waals surface area contributed by atoms with Crippen molar-refractivity contribution in [2.24, 2.45) is 0 Å². The van der Waals surface area contributed by atoms with Gasteiger partial charge in [0, 0.05) is 19.0 Å². The van der Waals surface area contributed by atoms with Crippen LogP contribution in [0, 0.1) is 0 Å². The van der Waals surface area contributed by atoms with Gasteiger partial charge in [-0.2, -0.15) is 0 Å². The van der Waals surface area contributed by atoms with Crippen LogP contribution in [-0.4, -0.2) is 24.8 Å². The summed E-state index contributed by atoms with van der Waals surface area (Å²) in [5, 5.41) is 11.8. The van der Waals surface area contributed by atoms with Crippen LogP contribution in [0.3, 0.4) is 0 Å². The second kappa shape index (κ2) is 3.90. The molecule has 1 aromatic carbocycles. The third kappa shape index (κ3) is 1.74. The van der Waals surface area contributed by atoms with E-state index in [1.165, 1.54) is 17.5 Å². The molecule has 2 heteroatoms. The molecule has 13 heavy (non-hydrogen) atoms. The van der Waals surface area contributed by atoms with Crippen molar-refractivity contribution in [1.82, 2.24) is 5.32 Å². The first kappa shape index (κ1) is 8.73. The van der Waals surface area contributed by atoms with Gasteiger partial charge in [-0.25, -0.2) is 0 Å². The van der Waals surface area contributed by atoms with Crippen molar-refractivity contribution in [2.45, 2.75) is 12.3 Å². The van der Waals surface area contributed by atoms with Crippen LogP contribution in [0.15, 0.2) is 24.3 Å². The van der Waals surface area contributed by atoms with Gasteiger partial charge in [-0.15, -0.1) is 0 Å². The minimum Gasteiger partial charge on any atom is -0.395 e. The molecule has 0 radical (unpaired) electrons. The molecule has 1 aromatic rings. The van der Waals surface area contributed by atoms with Gasteiger partial charge in [0.1, 0.15) is 0 Å². The molecule has 0 aliphatic heterocycles. The van der Waals surface area contributed by atoms with Gasteiger partial charge in [-0.05, 0) is 17.5 Å². The van der Waals surface area contributed by atoms with Gasteiger partial charge in [0.25, 0.3) is 0 Å². The molecule has 2 rings (SSSR count). The SMILES string of the molecule is OCCNCC1Cc2ccccc21. The first-order valence-electron chi connectivity index (χ1n) is 4.81. The lowest BCUT2D eigenvalue weighted by Gasteiger charge is -2.30. The highest BCUT2D eigenvalue weighted by Gasteiger charge is 2.24. The predicted molar refractivity (Wildman–Crippen MR) is 52.8 cm³/mol. The summed E-state index contributed by atoms with van der Waals surface area (Å²) in [5.74, 6) is 0.669. The maximum atomic E-state index is 8.60. The van der Waals surface area contributed by atoms with E-state index >= 15 is 0 Å². The van der Waals surface area contributed by atoms with Crippen LogP contribution >= 0.6 is 0 Å². The molecule has 2 nitrogen and oxygen atoms in total. The van der Waals surface area contributed by atoms with E-state index in [1.54, 1.807) is 0 Å². The number of hydrogen-bond acceptors (Lipinski definition) is 2. The zero-order chi connectivity index (χ0) is 9.10. The first-order valence-corrected chi connectivity index (χ1v) is 4.81. The molecule has 0 fully saturated rings. The lowest BCUT2D eigenvalue weighted by atomic mass is 9.78. The number of aliphatic hydroxyl groups excluding tert-OH is 1. The summed E-state index contributed by atoms with van der Waals surface area (Å²) in [4.78, 5) is 0. The molecule has 1 atom stereocenters. The third-order valence-electron chi connectivity index (χ3n) is 2.64. The molecule has 1 aliphatic carbocycles. The van der Waals surface area contributed by atoms with E-state index in [9.17, 15) is 0 Å². The van der Waals surface area contributed by atoms with E-state index in [1.807, 2.05) is 0 Å². The molecule has 2 N–H and O–H groups in total. The summed E-state index contributed by atoms with van der Waals surface area (Å²) in [7, 11) is 0. The van der Waals surface area contributed by atoms with E-state index < -0.39 is 0 Å². The van der Waals surface area contributed by atoms with Crippen LogP contribution in [0.2, 0.25) is 0 Å². The van der Waals surface area contributed by atoms with Crippen molar-refractivity contribution in [3.05, 3.63) is 35.4 Å². The second-order valence-electron chi connectivity index (χ2n) is 3.53. The van der Waals surface area contributed by atoms with E-state index in [-0.39, 0.29) is 6.61 Å². The molecular weight excluding hydrogens is 162 g/mol. The Morgan fingerprint density at radius 2 is 2.23 bits per heavy atom. The van der Waals surface area contributed by atoms with Gasteiger partial charge in [0.15, 0.2) is 0 Å². The first-order chi connectivity index (χ1) is 6.42. The number of hydrogen-bond donors (Lipinski definition) is 2. The fourth-order valence-corrected chi connectivity index (χ4v) is 1.90. The number of rotatable bonds is 4. The summed E-state index contributed by atoms with van der Waals surface area (Å²) in [6, 6.07) is 8.58. The third-order valence-corrected chi connectivity index (χ3v) is 2.64. The molecule has 0 heterocycles. The molecule has 0 saturated carbocycles. The van der Waals surface area contributed by atoms with Crippen LogP contribution < -0.4 is 5.32 Å². The lowest BCUT2D eigenvalue weighted by molar-refractivity contribution is 0.290. The van der Waals surface area contributed by atoms with Gasteiger partial charge in [0.2, 0.25) is 0 Å². The fraction of sp³-hybridized carbons (Fsp3) is 0.455. The lowest BCUT2D eigenvalue weighted by Crippen LogP contribution is -2.30. The Kier molecular flexibility index (Phi) is 2.62. The van der Waals surface area contributed by atoms with Crippen molar-refractivity contribution in [2.75, 3.05) is 19.7 Å². The predicted octanol–water partition coefficient (Wildman–Crippen LogP) is 0.908. The maximum Gasteiger partial charge on any atom is 0.0555 e. The van der Waals surface area contributed by atoms with Crippen molar-refractivity contribution in [1.29, 1.82) is 0 Å². The molecule has 70 valence electrons. The van der Waals surface area contributed by atoms with Crippen molar-refractivity contribution >= 4 is 0 Å². The van der Waals surface area contributed by atoms with E-state index in [0.717, 1.165) is 6.54 Å². The molecule has 0 amide bonds. The average molecular weight is 177 g/mol. The maximum absolute atomic E-state index is 8.60. The molecule has 0 bridgehead atoms. The minimum absolute atomic E-state index is 0.231. The molecule has 1 unspecified atom stereocenters. The summed E-state index contributed by atoms with van der Waals surface area (Å²) in [5.41, 5.74) is 2.96. The zero-order valence-corrected chi connectivity index (χ0v) is 7.66. The number of nitrogens with one attached hydrogen (secondary N) is 1. The highest BCUT2D eigenvalue weighted by atomic mass is 16.3. The normalized spacial score (nSPS) is 19.3. The Labute approximate surface area is 78.6 Å². The molecule has 1 aliphatic rings. The molecular formula is C11H15NO. The van der Waals surface area contributed by atoms with Crippen molar-refractivity contribution < 1.29 is 5.11 Å². The quantitative estimate of drug-likeness (QED) is 0.670. The number of aliphatic hydroxyl groups is 1. The number of benzene rings is 1. The summed E-state index contributed by atoms with van der Waals surface area (Å²) >= 11 is 0. The van der Waals surface area contributed by atoms with E-state index in [2.05, 4.69) is 29.6 Å². The molecule has 0 saturated heterocycles. The summed E-state index contributed by atoms with van der Waals surface area (Å²) in [6.07, 6.45) is 1.19. The van der Waals surface area contributed by atoms with Crippen LogP contribution in [0.4, 0.5) is 0 Å². The topological polar surface area (TPSA) is 32.3 Å². The van der Waals surface area contributed by atoms with Crippen LogP contribution in [0.1, 0.15) is 17.0 Å². The van der Waals surface area contributed by atoms with Gasteiger partial charge >= 0.3 is 0 Å². The van der Waals surface area contributed by atoms with Crippen molar-refractivity contribution in [3.63, 3.8) is 0 Å². The monoisotopic (exact) mass is 177 g/mol. The Bertz CT molecular complexity index is 285. The average Bonchev–Trinajstić information content (AvgIpc) is 2.13. The molecule has 0 spiro atoms. The highest BCUT2D eigenvalue weighted by Crippen LogP contribution is 2.33. The van der Waals surface area contributed by atoms with Gasteiger partial charge in [-0.3, -0.25) is 0 Å². The minimum atomic E-state index is 0.231. The van der Waals surface area contributed by atoms with Crippen molar-refractivity contribution in [3.8, 4) is 0 Å². The summed E-state index contributed by atoms with van der Waals surface area (Å²) < 4.78 is 0.